The number of nitrogens with one attached hydrogen (secondary N) is 2. The number of para-hydroxylation sites is 1. The van der Waals surface area contributed by atoms with Crippen molar-refractivity contribution in [2.24, 2.45) is 5.92 Å². The molecule has 5 heteroatoms. The van der Waals surface area contributed by atoms with E-state index < -0.39 is 0 Å². The maximum Gasteiger partial charge on any atom is 0.224 e. The van der Waals surface area contributed by atoms with E-state index in [4.69, 9.17) is 0 Å². The van der Waals surface area contributed by atoms with Crippen molar-refractivity contribution in [2.45, 2.75) is 70.3 Å². The van der Waals surface area contributed by atoms with Crippen molar-refractivity contribution < 1.29 is 4.79 Å². The normalized spacial score (nSPS) is 19.3. The molecule has 1 saturated carbocycles. The summed E-state index contributed by atoms with van der Waals surface area (Å²) in [6.45, 7) is 3.27. The first-order chi connectivity index (χ1) is 14.3. The summed E-state index contributed by atoms with van der Waals surface area (Å²) in [5.41, 5.74) is 3.68. The number of carbonyl (C=O) groups is 1. The topological polar surface area (TPSA) is 61.0 Å². The van der Waals surface area contributed by atoms with Gasteiger partial charge in [-0.3, -0.25) is 14.8 Å². The monoisotopic (exact) mass is 394 g/mol. The zero-order valence-corrected chi connectivity index (χ0v) is 17.4. The molecule has 1 aliphatic heterocycles. The van der Waals surface area contributed by atoms with Crippen LogP contribution in [0, 0.1) is 5.92 Å². The quantitative estimate of drug-likeness (QED) is 0.688. The minimum atomic E-state index is 0.133. The van der Waals surface area contributed by atoms with E-state index >= 15 is 0 Å². The molecule has 0 atom stereocenters. The second-order valence-electron chi connectivity index (χ2n) is 8.82. The van der Waals surface area contributed by atoms with Crippen LogP contribution in [0.15, 0.2) is 36.5 Å². The van der Waals surface area contributed by atoms with Gasteiger partial charge in [0, 0.05) is 35.8 Å². The van der Waals surface area contributed by atoms with Gasteiger partial charge in [0.1, 0.15) is 0 Å². The fraction of sp³-hybridized carbons (Fsp3) is 0.583. The summed E-state index contributed by atoms with van der Waals surface area (Å²) in [5, 5.41) is 10.7. The first kappa shape index (κ1) is 20.1. The number of H-pyrrole nitrogens is 1. The van der Waals surface area contributed by atoms with Gasteiger partial charge in [0.15, 0.2) is 0 Å². The van der Waals surface area contributed by atoms with Crippen molar-refractivity contribution >= 4 is 11.6 Å². The molecule has 1 aromatic carbocycles. The molecule has 0 unspecified atom stereocenters. The Morgan fingerprint density at radius 3 is 2.59 bits per heavy atom. The van der Waals surface area contributed by atoms with Crippen LogP contribution in [-0.2, 0) is 11.3 Å². The molecule has 1 aliphatic carbocycles. The van der Waals surface area contributed by atoms with Crippen LogP contribution in [0.4, 0.5) is 5.69 Å². The Morgan fingerprint density at radius 1 is 1.07 bits per heavy atom. The largest absolute Gasteiger partial charge is 0.326 e. The summed E-state index contributed by atoms with van der Waals surface area (Å²) in [7, 11) is 0. The van der Waals surface area contributed by atoms with Crippen LogP contribution >= 0.6 is 0 Å². The Kier molecular flexibility index (Phi) is 6.99. The first-order valence-electron chi connectivity index (χ1n) is 11.4. The summed E-state index contributed by atoms with van der Waals surface area (Å²) < 4.78 is 0. The van der Waals surface area contributed by atoms with Crippen molar-refractivity contribution in [1.29, 1.82) is 0 Å². The zero-order chi connectivity index (χ0) is 19.9. The third kappa shape index (κ3) is 5.69. The number of anilines is 1. The number of aromatic amines is 1. The second-order valence-corrected chi connectivity index (χ2v) is 8.82. The molecular formula is C24H34N4O. The smallest absolute Gasteiger partial charge is 0.224 e. The van der Waals surface area contributed by atoms with Crippen LogP contribution in [0.5, 0.6) is 0 Å². The van der Waals surface area contributed by atoms with Gasteiger partial charge < -0.3 is 5.32 Å². The van der Waals surface area contributed by atoms with E-state index in [1.165, 1.54) is 56.2 Å². The summed E-state index contributed by atoms with van der Waals surface area (Å²) in [5.74, 6) is 1.48. The fourth-order valence-corrected chi connectivity index (χ4v) is 4.95. The third-order valence-electron chi connectivity index (χ3n) is 6.70. The summed E-state index contributed by atoms with van der Waals surface area (Å²) in [6.07, 6.45) is 12.7. The van der Waals surface area contributed by atoms with Gasteiger partial charge in [0.2, 0.25) is 5.91 Å². The Morgan fingerprint density at radius 2 is 1.83 bits per heavy atom. The number of benzene rings is 1. The Balaban J connectivity index is 1.19. The number of hydrogen-bond acceptors (Lipinski definition) is 3. The number of hydrogen-bond donors (Lipinski definition) is 2. The molecule has 2 fully saturated rings. The van der Waals surface area contributed by atoms with Crippen LogP contribution in [0.2, 0.25) is 0 Å². The minimum Gasteiger partial charge on any atom is -0.326 e. The summed E-state index contributed by atoms with van der Waals surface area (Å²) >= 11 is 0. The van der Waals surface area contributed by atoms with Gasteiger partial charge in [-0.25, -0.2) is 0 Å². The summed E-state index contributed by atoms with van der Waals surface area (Å²) in [4.78, 5) is 14.8. The van der Waals surface area contributed by atoms with E-state index in [0.29, 0.717) is 18.3 Å². The highest BCUT2D eigenvalue weighted by Crippen LogP contribution is 2.34. The first-order valence-corrected chi connectivity index (χ1v) is 11.4. The molecule has 2 N–H and O–H groups in total. The molecule has 5 nitrogen and oxygen atoms in total. The highest BCUT2D eigenvalue weighted by Gasteiger charge is 2.24. The molecule has 1 saturated heterocycles. The fourth-order valence-electron chi connectivity index (χ4n) is 4.95. The number of nitrogens with zero attached hydrogens (tertiary/aromatic N) is 2. The number of rotatable bonds is 7. The average Bonchev–Trinajstić information content (AvgIpc) is 3.23. The molecule has 0 radical (unpaired) electrons. The molecule has 4 rings (SSSR count). The van der Waals surface area contributed by atoms with E-state index in [1.807, 2.05) is 36.5 Å². The van der Waals surface area contributed by atoms with Gasteiger partial charge in [0.05, 0.1) is 6.20 Å². The lowest BCUT2D eigenvalue weighted by Gasteiger charge is -2.32. The molecule has 0 bridgehead atoms. The van der Waals surface area contributed by atoms with E-state index in [2.05, 4.69) is 20.4 Å². The number of carbonyl (C=O) groups excluding carboxylic acids is 1. The molecular weight excluding hydrogens is 360 g/mol. The van der Waals surface area contributed by atoms with Crippen molar-refractivity contribution in [2.75, 3.05) is 18.4 Å². The van der Waals surface area contributed by atoms with Gasteiger partial charge >= 0.3 is 0 Å². The lowest BCUT2D eigenvalue weighted by molar-refractivity contribution is -0.116. The highest BCUT2D eigenvalue weighted by atomic mass is 16.1. The molecule has 0 spiro atoms. The third-order valence-corrected chi connectivity index (χ3v) is 6.70. The molecule has 2 aliphatic rings. The summed E-state index contributed by atoms with van der Waals surface area (Å²) in [6, 6.07) is 9.74. The number of aromatic nitrogens is 2. The SMILES string of the molecule is O=C(CCC1CCN(Cc2cn[nH]c2C2CCCCC2)CC1)Nc1ccccc1. The van der Waals surface area contributed by atoms with Crippen LogP contribution in [0.1, 0.15) is 75.0 Å². The molecule has 2 heterocycles. The van der Waals surface area contributed by atoms with Crippen LogP contribution in [-0.4, -0.2) is 34.1 Å². The molecule has 156 valence electrons. The average molecular weight is 395 g/mol. The van der Waals surface area contributed by atoms with Crippen molar-refractivity contribution in [3.63, 3.8) is 0 Å². The predicted molar refractivity (Wildman–Crippen MR) is 117 cm³/mol. The predicted octanol–water partition coefficient (Wildman–Crippen LogP) is 5.09. The number of amides is 1. The minimum absolute atomic E-state index is 0.133. The lowest BCUT2D eigenvalue weighted by atomic mass is 9.85. The van der Waals surface area contributed by atoms with E-state index in [-0.39, 0.29) is 5.91 Å². The van der Waals surface area contributed by atoms with E-state index in [1.54, 1.807) is 0 Å². The van der Waals surface area contributed by atoms with Crippen LogP contribution in [0.25, 0.3) is 0 Å². The molecule has 1 aromatic heterocycles. The maximum atomic E-state index is 12.2. The van der Waals surface area contributed by atoms with Crippen LogP contribution < -0.4 is 5.32 Å². The standard InChI is InChI=1S/C24H34N4O/c29-23(26-22-9-5-2-6-10-22)12-11-19-13-15-28(16-14-19)18-21-17-25-27-24(21)20-7-3-1-4-8-20/h2,5-6,9-10,17,19-20H,1,3-4,7-8,11-16,18H2,(H,25,27)(H,26,29). The highest BCUT2D eigenvalue weighted by molar-refractivity contribution is 5.90. The van der Waals surface area contributed by atoms with Crippen LogP contribution in [0.3, 0.4) is 0 Å². The van der Waals surface area contributed by atoms with E-state index in [9.17, 15) is 4.79 Å². The van der Waals surface area contributed by atoms with Gasteiger partial charge in [0.25, 0.3) is 0 Å². The van der Waals surface area contributed by atoms with E-state index in [0.717, 1.165) is 31.7 Å². The maximum absolute atomic E-state index is 12.2. The van der Waals surface area contributed by atoms with Crippen molar-refractivity contribution in [3.8, 4) is 0 Å². The Labute approximate surface area is 174 Å². The van der Waals surface area contributed by atoms with Gasteiger partial charge in [-0.1, -0.05) is 37.5 Å². The molecule has 29 heavy (non-hydrogen) atoms. The van der Waals surface area contributed by atoms with Gasteiger partial charge in [-0.05, 0) is 63.2 Å². The molecule has 2 aromatic rings. The Hall–Kier alpha value is -2.14. The van der Waals surface area contributed by atoms with Gasteiger partial charge in [-0.15, -0.1) is 0 Å². The Bertz CT molecular complexity index is 758. The lowest BCUT2D eigenvalue weighted by Crippen LogP contribution is -2.33. The molecule has 1 amide bonds. The van der Waals surface area contributed by atoms with Crippen molar-refractivity contribution in [3.05, 3.63) is 47.8 Å². The zero-order valence-electron chi connectivity index (χ0n) is 17.4. The second kappa shape index (κ2) is 10.1. The number of likely N-dealkylation sites (tertiary alicyclic amines) is 1. The van der Waals surface area contributed by atoms with Crippen molar-refractivity contribution in [1.82, 2.24) is 15.1 Å². The van der Waals surface area contributed by atoms with Gasteiger partial charge in [-0.2, -0.15) is 5.10 Å². The number of piperidine rings is 1.